The minimum atomic E-state index is -0.277. The van der Waals surface area contributed by atoms with Crippen molar-refractivity contribution in [1.82, 2.24) is 10.2 Å². The summed E-state index contributed by atoms with van der Waals surface area (Å²) in [6.45, 7) is 9.14. The van der Waals surface area contributed by atoms with Crippen molar-refractivity contribution in [2.75, 3.05) is 13.1 Å². The molecule has 0 radical (unpaired) electrons. The molecule has 2 nitrogen and oxygen atoms in total. The van der Waals surface area contributed by atoms with E-state index in [1.54, 1.807) is 6.07 Å². The summed E-state index contributed by atoms with van der Waals surface area (Å²) >= 11 is 5.88. The van der Waals surface area contributed by atoms with Gasteiger partial charge in [-0.1, -0.05) is 37.6 Å². The molecule has 1 heterocycles. The summed E-state index contributed by atoms with van der Waals surface area (Å²) in [5, 5.41) is 3.84. The molecule has 0 bridgehead atoms. The predicted molar refractivity (Wildman–Crippen MR) is 82.6 cm³/mol. The Morgan fingerprint density at radius 3 is 2.85 bits per heavy atom. The summed E-state index contributed by atoms with van der Waals surface area (Å²) in [7, 11) is 0. The molecule has 0 saturated carbocycles. The minimum Gasteiger partial charge on any atom is -0.309 e. The maximum absolute atomic E-state index is 14.1. The second kappa shape index (κ2) is 6.42. The Hall–Kier alpha value is -0.640. The first kappa shape index (κ1) is 15.7. The molecule has 1 fully saturated rings. The summed E-state index contributed by atoms with van der Waals surface area (Å²) in [6, 6.07) is 5.71. The SMILES string of the molecule is CCC1CNC(C)(CC)CN1Cc1cccc(Cl)c1F. The fraction of sp³-hybridized carbons (Fsp3) is 0.625. The molecule has 112 valence electrons. The molecule has 20 heavy (non-hydrogen) atoms. The van der Waals surface area contributed by atoms with E-state index in [9.17, 15) is 4.39 Å². The van der Waals surface area contributed by atoms with E-state index in [0.717, 1.165) is 25.9 Å². The molecule has 2 atom stereocenters. The van der Waals surface area contributed by atoms with Crippen LogP contribution in [-0.4, -0.2) is 29.6 Å². The fourth-order valence-corrected chi connectivity index (χ4v) is 3.03. The third-order valence-electron chi connectivity index (χ3n) is 4.49. The van der Waals surface area contributed by atoms with Crippen molar-refractivity contribution in [2.24, 2.45) is 0 Å². The molecule has 1 aromatic carbocycles. The number of benzene rings is 1. The van der Waals surface area contributed by atoms with E-state index in [1.807, 2.05) is 12.1 Å². The summed E-state index contributed by atoms with van der Waals surface area (Å²) in [4.78, 5) is 2.38. The average Bonchev–Trinajstić information content (AvgIpc) is 2.44. The molecule has 2 unspecified atom stereocenters. The van der Waals surface area contributed by atoms with E-state index < -0.39 is 0 Å². The lowest BCUT2D eigenvalue weighted by Crippen LogP contribution is -2.62. The van der Waals surface area contributed by atoms with Crippen LogP contribution in [0.15, 0.2) is 18.2 Å². The van der Waals surface area contributed by atoms with E-state index >= 15 is 0 Å². The van der Waals surface area contributed by atoms with Crippen molar-refractivity contribution in [3.05, 3.63) is 34.6 Å². The Morgan fingerprint density at radius 1 is 1.45 bits per heavy atom. The molecular formula is C16H24ClFN2. The van der Waals surface area contributed by atoms with Crippen LogP contribution < -0.4 is 5.32 Å². The van der Waals surface area contributed by atoms with Crippen LogP contribution in [0.1, 0.15) is 39.2 Å². The van der Waals surface area contributed by atoms with Crippen LogP contribution in [0.5, 0.6) is 0 Å². The van der Waals surface area contributed by atoms with Gasteiger partial charge in [0.1, 0.15) is 5.82 Å². The Labute approximate surface area is 126 Å². The predicted octanol–water partition coefficient (Wildman–Crippen LogP) is 3.83. The van der Waals surface area contributed by atoms with Crippen molar-refractivity contribution >= 4 is 11.6 Å². The molecule has 1 aliphatic rings. The van der Waals surface area contributed by atoms with Gasteiger partial charge in [0.25, 0.3) is 0 Å². The molecule has 0 aliphatic carbocycles. The number of hydrogen-bond donors (Lipinski definition) is 1. The van der Waals surface area contributed by atoms with Crippen LogP contribution >= 0.6 is 11.6 Å². The van der Waals surface area contributed by atoms with Crippen LogP contribution in [-0.2, 0) is 6.54 Å². The van der Waals surface area contributed by atoms with E-state index in [0.29, 0.717) is 18.2 Å². The Bertz CT molecular complexity index is 466. The first-order valence-electron chi connectivity index (χ1n) is 7.41. The van der Waals surface area contributed by atoms with E-state index in [-0.39, 0.29) is 16.4 Å². The molecule has 1 aliphatic heterocycles. The van der Waals surface area contributed by atoms with E-state index in [1.165, 1.54) is 0 Å². The summed E-state index contributed by atoms with van der Waals surface area (Å²) in [5.41, 5.74) is 0.803. The van der Waals surface area contributed by atoms with E-state index in [4.69, 9.17) is 11.6 Å². The van der Waals surface area contributed by atoms with Crippen molar-refractivity contribution < 1.29 is 4.39 Å². The van der Waals surface area contributed by atoms with Gasteiger partial charge in [-0.15, -0.1) is 0 Å². The first-order chi connectivity index (χ1) is 9.49. The van der Waals surface area contributed by atoms with E-state index in [2.05, 4.69) is 31.0 Å². The highest BCUT2D eigenvalue weighted by Crippen LogP contribution is 2.25. The molecule has 0 amide bonds. The van der Waals surface area contributed by atoms with Gasteiger partial charge in [0.15, 0.2) is 0 Å². The zero-order valence-electron chi connectivity index (χ0n) is 12.5. The Morgan fingerprint density at radius 2 is 2.20 bits per heavy atom. The van der Waals surface area contributed by atoms with Gasteiger partial charge in [-0.05, 0) is 25.8 Å². The zero-order valence-corrected chi connectivity index (χ0v) is 13.3. The zero-order chi connectivity index (χ0) is 14.8. The van der Waals surface area contributed by atoms with Gasteiger partial charge in [-0.3, -0.25) is 4.90 Å². The van der Waals surface area contributed by atoms with Gasteiger partial charge in [-0.2, -0.15) is 0 Å². The number of piperazine rings is 1. The summed E-state index contributed by atoms with van der Waals surface area (Å²) in [6.07, 6.45) is 2.13. The Kier molecular flexibility index (Phi) is 5.05. The van der Waals surface area contributed by atoms with Crippen LogP contribution in [0, 0.1) is 5.82 Å². The molecule has 4 heteroatoms. The van der Waals surface area contributed by atoms with Gasteiger partial charge in [0.2, 0.25) is 0 Å². The maximum atomic E-state index is 14.1. The largest absolute Gasteiger partial charge is 0.309 e. The normalized spacial score (nSPS) is 27.8. The highest BCUT2D eigenvalue weighted by Gasteiger charge is 2.33. The van der Waals surface area contributed by atoms with Crippen LogP contribution in [0.3, 0.4) is 0 Å². The van der Waals surface area contributed by atoms with Crippen molar-refractivity contribution in [1.29, 1.82) is 0 Å². The summed E-state index contributed by atoms with van der Waals surface area (Å²) in [5.74, 6) is -0.277. The highest BCUT2D eigenvalue weighted by atomic mass is 35.5. The maximum Gasteiger partial charge on any atom is 0.146 e. The lowest BCUT2D eigenvalue weighted by atomic mass is 9.92. The third-order valence-corrected chi connectivity index (χ3v) is 4.78. The molecule has 2 rings (SSSR count). The smallest absolute Gasteiger partial charge is 0.146 e. The fourth-order valence-electron chi connectivity index (χ4n) is 2.84. The quantitative estimate of drug-likeness (QED) is 0.909. The molecule has 0 aromatic heterocycles. The van der Waals surface area contributed by atoms with Gasteiger partial charge in [0.05, 0.1) is 5.02 Å². The van der Waals surface area contributed by atoms with Crippen molar-refractivity contribution in [3.63, 3.8) is 0 Å². The summed E-state index contributed by atoms with van der Waals surface area (Å²) < 4.78 is 14.1. The lowest BCUT2D eigenvalue weighted by molar-refractivity contribution is 0.0745. The lowest BCUT2D eigenvalue weighted by Gasteiger charge is -2.46. The molecule has 1 saturated heterocycles. The molecular weight excluding hydrogens is 275 g/mol. The molecule has 1 aromatic rings. The van der Waals surface area contributed by atoms with Crippen LogP contribution in [0.25, 0.3) is 0 Å². The number of rotatable bonds is 4. The first-order valence-corrected chi connectivity index (χ1v) is 7.79. The third kappa shape index (κ3) is 3.33. The van der Waals surface area contributed by atoms with Crippen molar-refractivity contribution in [2.45, 2.75) is 51.7 Å². The second-order valence-corrected chi connectivity index (χ2v) is 6.38. The monoisotopic (exact) mass is 298 g/mol. The second-order valence-electron chi connectivity index (χ2n) is 5.98. The van der Waals surface area contributed by atoms with Crippen LogP contribution in [0.2, 0.25) is 5.02 Å². The number of halogens is 2. The minimum absolute atomic E-state index is 0.112. The average molecular weight is 299 g/mol. The van der Waals surface area contributed by atoms with Gasteiger partial charge < -0.3 is 5.32 Å². The molecule has 0 spiro atoms. The number of nitrogens with zero attached hydrogens (tertiary/aromatic N) is 1. The van der Waals surface area contributed by atoms with Gasteiger partial charge in [0, 0.05) is 36.8 Å². The Balaban J connectivity index is 2.17. The van der Waals surface area contributed by atoms with Gasteiger partial charge in [-0.25, -0.2) is 4.39 Å². The number of hydrogen-bond acceptors (Lipinski definition) is 2. The van der Waals surface area contributed by atoms with Crippen LogP contribution in [0.4, 0.5) is 4.39 Å². The number of nitrogens with one attached hydrogen (secondary N) is 1. The standard InChI is InChI=1S/C16H24ClFN2/c1-4-13-9-19-16(3,5-2)11-20(13)10-12-7-6-8-14(17)15(12)18/h6-8,13,19H,4-5,9-11H2,1-3H3. The molecule has 1 N–H and O–H groups in total. The van der Waals surface area contributed by atoms with Gasteiger partial charge >= 0.3 is 0 Å². The highest BCUT2D eigenvalue weighted by molar-refractivity contribution is 6.30. The van der Waals surface area contributed by atoms with Crippen molar-refractivity contribution in [3.8, 4) is 0 Å². The topological polar surface area (TPSA) is 15.3 Å².